The van der Waals surface area contributed by atoms with Gasteiger partial charge in [0.2, 0.25) is 15.9 Å². The van der Waals surface area contributed by atoms with Gasteiger partial charge in [0.15, 0.2) is 0 Å². The molecular weight excluding hydrogens is 388 g/mol. The second kappa shape index (κ2) is 8.44. The molecule has 2 aliphatic rings. The van der Waals surface area contributed by atoms with Crippen molar-refractivity contribution in [1.82, 2.24) is 19.2 Å². The summed E-state index contributed by atoms with van der Waals surface area (Å²) in [5.74, 6) is 0.142. The van der Waals surface area contributed by atoms with Gasteiger partial charge < -0.3 is 9.88 Å². The summed E-state index contributed by atoms with van der Waals surface area (Å²) >= 11 is 0. The number of piperidine rings is 1. The second-order valence-corrected chi connectivity index (χ2v) is 10.5. The maximum absolute atomic E-state index is 12.7. The van der Waals surface area contributed by atoms with Gasteiger partial charge in [0, 0.05) is 48.9 Å². The van der Waals surface area contributed by atoms with Gasteiger partial charge in [-0.3, -0.25) is 4.79 Å². The van der Waals surface area contributed by atoms with E-state index in [-0.39, 0.29) is 23.6 Å². The van der Waals surface area contributed by atoms with Crippen LogP contribution in [0.1, 0.15) is 51.5 Å². The van der Waals surface area contributed by atoms with Gasteiger partial charge in [0.05, 0.1) is 5.75 Å². The molecule has 4 rings (SSSR count). The predicted molar refractivity (Wildman–Crippen MR) is 113 cm³/mol. The lowest BCUT2D eigenvalue weighted by molar-refractivity contribution is -0.127. The summed E-state index contributed by atoms with van der Waals surface area (Å²) in [6.45, 7) is 2.57. The smallest absolute Gasteiger partial charge is 0.223 e. The first-order valence-electron chi connectivity index (χ1n) is 10.7. The predicted octanol–water partition coefficient (Wildman–Crippen LogP) is 2.70. The van der Waals surface area contributed by atoms with Gasteiger partial charge >= 0.3 is 0 Å². The highest BCUT2D eigenvalue weighted by Crippen LogP contribution is 2.31. The zero-order valence-corrected chi connectivity index (χ0v) is 17.8. The molecule has 2 aromatic rings. The summed E-state index contributed by atoms with van der Waals surface area (Å²) in [5.41, 5.74) is 1.04. The van der Waals surface area contributed by atoms with E-state index in [1.54, 1.807) is 6.92 Å². The van der Waals surface area contributed by atoms with Gasteiger partial charge in [-0.15, -0.1) is 0 Å². The molecule has 1 saturated carbocycles. The lowest BCUT2D eigenvalue weighted by Crippen LogP contribution is -2.46. The summed E-state index contributed by atoms with van der Waals surface area (Å²) in [6, 6.07) is 6.80. The molecule has 8 heteroatoms. The third kappa shape index (κ3) is 4.33. The van der Waals surface area contributed by atoms with E-state index < -0.39 is 10.0 Å². The summed E-state index contributed by atoms with van der Waals surface area (Å²) < 4.78 is 27.8. The van der Waals surface area contributed by atoms with Crippen LogP contribution in [-0.2, 0) is 14.8 Å². The number of carbonyl (C=O) groups is 1. The normalized spacial score (nSPS) is 24.6. The van der Waals surface area contributed by atoms with Gasteiger partial charge in [-0.2, -0.15) is 0 Å². The van der Waals surface area contributed by atoms with Crippen LogP contribution in [0.5, 0.6) is 0 Å². The second-order valence-electron chi connectivity index (χ2n) is 8.23. The molecule has 1 amide bonds. The summed E-state index contributed by atoms with van der Waals surface area (Å²) in [6.07, 6.45) is 9.17. The van der Waals surface area contributed by atoms with Crippen molar-refractivity contribution in [3.8, 4) is 0 Å². The number of nitrogens with zero attached hydrogens (tertiary/aromatic N) is 3. The topological polar surface area (TPSA) is 84.3 Å². The molecule has 158 valence electrons. The number of rotatable bonds is 5. The quantitative estimate of drug-likeness (QED) is 0.809. The van der Waals surface area contributed by atoms with E-state index in [4.69, 9.17) is 0 Å². The number of hydrogen-bond donors (Lipinski definition) is 1. The Hall–Kier alpha value is -1.93. The zero-order chi connectivity index (χ0) is 20.4. The Bertz CT molecular complexity index is 955. The highest BCUT2D eigenvalue weighted by atomic mass is 32.2. The van der Waals surface area contributed by atoms with E-state index in [9.17, 15) is 13.2 Å². The van der Waals surface area contributed by atoms with Gasteiger partial charge in [-0.1, -0.05) is 0 Å². The maximum Gasteiger partial charge on any atom is 0.223 e. The monoisotopic (exact) mass is 418 g/mol. The molecule has 0 aromatic carbocycles. The van der Waals surface area contributed by atoms with E-state index in [0.717, 1.165) is 31.3 Å². The van der Waals surface area contributed by atoms with Crippen molar-refractivity contribution < 1.29 is 13.2 Å². The van der Waals surface area contributed by atoms with Crippen molar-refractivity contribution in [2.24, 2.45) is 5.92 Å². The molecule has 3 heterocycles. The van der Waals surface area contributed by atoms with Crippen LogP contribution in [0.3, 0.4) is 0 Å². The van der Waals surface area contributed by atoms with Crippen LogP contribution in [0.15, 0.2) is 30.6 Å². The molecular formula is C21H30N4O3S. The Balaban J connectivity index is 1.27. The Labute approximate surface area is 172 Å². The molecule has 0 spiro atoms. The number of pyridine rings is 1. The largest absolute Gasteiger partial charge is 0.353 e. The molecule has 1 N–H and O–H groups in total. The minimum absolute atomic E-state index is 0.0754. The van der Waals surface area contributed by atoms with Crippen molar-refractivity contribution in [3.05, 3.63) is 30.6 Å². The zero-order valence-electron chi connectivity index (χ0n) is 17.0. The lowest BCUT2D eigenvalue weighted by Gasteiger charge is -2.33. The third-order valence-electron chi connectivity index (χ3n) is 6.50. The molecule has 1 saturated heterocycles. The van der Waals surface area contributed by atoms with Crippen LogP contribution in [-0.4, -0.2) is 53.1 Å². The average molecular weight is 419 g/mol. The standard InChI is InChI=1S/C21H30N4O3S/c1-2-29(27,28)24-13-9-17(10-14-24)21(26)23-18-5-7-19(8-6-18)25-15-11-16-4-3-12-22-20(16)25/h3-4,11-12,15,17-19H,2,5-10,13-14H2,1H3,(H,23,26). The van der Waals surface area contributed by atoms with Gasteiger partial charge in [-0.25, -0.2) is 17.7 Å². The average Bonchev–Trinajstić information content (AvgIpc) is 3.18. The molecule has 1 aliphatic carbocycles. The molecule has 2 fully saturated rings. The van der Waals surface area contributed by atoms with E-state index in [1.165, 1.54) is 9.69 Å². The lowest BCUT2D eigenvalue weighted by atomic mass is 9.89. The fourth-order valence-electron chi connectivity index (χ4n) is 4.68. The summed E-state index contributed by atoms with van der Waals surface area (Å²) in [7, 11) is -3.15. The fourth-order valence-corrected chi connectivity index (χ4v) is 5.81. The number of amides is 1. The number of fused-ring (bicyclic) bond motifs is 1. The van der Waals surface area contributed by atoms with Crippen LogP contribution >= 0.6 is 0 Å². The van der Waals surface area contributed by atoms with Crippen LogP contribution in [0.25, 0.3) is 11.0 Å². The highest BCUT2D eigenvalue weighted by Gasteiger charge is 2.32. The van der Waals surface area contributed by atoms with Crippen molar-refractivity contribution >= 4 is 27.0 Å². The number of aromatic nitrogens is 2. The van der Waals surface area contributed by atoms with Gasteiger partial charge in [0.1, 0.15) is 5.65 Å². The van der Waals surface area contributed by atoms with E-state index in [2.05, 4.69) is 33.2 Å². The minimum Gasteiger partial charge on any atom is -0.353 e. The maximum atomic E-state index is 12.7. The first-order valence-corrected chi connectivity index (χ1v) is 12.3. The molecule has 0 radical (unpaired) electrons. The highest BCUT2D eigenvalue weighted by molar-refractivity contribution is 7.89. The Morgan fingerprint density at radius 2 is 1.86 bits per heavy atom. The van der Waals surface area contributed by atoms with Crippen LogP contribution in [0.4, 0.5) is 0 Å². The first kappa shape index (κ1) is 20.3. The van der Waals surface area contributed by atoms with Crippen LogP contribution in [0.2, 0.25) is 0 Å². The molecule has 0 unspecified atom stereocenters. The van der Waals surface area contributed by atoms with Crippen LogP contribution in [0, 0.1) is 5.92 Å². The van der Waals surface area contributed by atoms with Crippen molar-refractivity contribution in [3.63, 3.8) is 0 Å². The Kier molecular flexibility index (Phi) is 5.92. The molecule has 2 aromatic heterocycles. The fraction of sp³-hybridized carbons (Fsp3) is 0.619. The van der Waals surface area contributed by atoms with E-state index in [1.807, 2.05) is 12.3 Å². The van der Waals surface area contributed by atoms with Gasteiger partial charge in [-0.05, 0) is 63.6 Å². The van der Waals surface area contributed by atoms with Crippen molar-refractivity contribution in [2.75, 3.05) is 18.8 Å². The minimum atomic E-state index is -3.15. The molecule has 1 aliphatic heterocycles. The molecule has 7 nitrogen and oxygen atoms in total. The number of carbonyl (C=O) groups excluding carboxylic acids is 1. The van der Waals surface area contributed by atoms with Crippen molar-refractivity contribution in [1.29, 1.82) is 0 Å². The SMILES string of the molecule is CCS(=O)(=O)N1CCC(C(=O)NC2CCC(n3ccc4cccnc43)CC2)CC1. The third-order valence-corrected chi connectivity index (χ3v) is 8.38. The first-order chi connectivity index (χ1) is 14.0. The molecule has 0 bridgehead atoms. The van der Waals surface area contributed by atoms with Gasteiger partial charge in [0.25, 0.3) is 0 Å². The van der Waals surface area contributed by atoms with Crippen LogP contribution < -0.4 is 5.32 Å². The number of nitrogens with one attached hydrogen (secondary N) is 1. The molecule has 0 atom stereocenters. The van der Waals surface area contributed by atoms with Crippen molar-refractivity contribution in [2.45, 2.75) is 57.5 Å². The molecule has 29 heavy (non-hydrogen) atoms. The summed E-state index contributed by atoms with van der Waals surface area (Å²) in [4.78, 5) is 17.2. The Morgan fingerprint density at radius 3 is 2.55 bits per heavy atom. The van der Waals surface area contributed by atoms with E-state index >= 15 is 0 Å². The Morgan fingerprint density at radius 1 is 1.14 bits per heavy atom. The number of sulfonamides is 1. The summed E-state index contributed by atoms with van der Waals surface area (Å²) in [5, 5.41) is 4.39. The van der Waals surface area contributed by atoms with E-state index in [0.29, 0.717) is 32.0 Å². The number of hydrogen-bond acceptors (Lipinski definition) is 4.